The van der Waals surface area contributed by atoms with Crippen LogP contribution < -0.4 is 11.1 Å². The molecule has 1 aromatic rings. The molecule has 1 fully saturated rings. The summed E-state index contributed by atoms with van der Waals surface area (Å²) in [6.07, 6.45) is 3.75. The lowest BCUT2D eigenvalue weighted by molar-refractivity contribution is 0.154. The molecule has 0 aliphatic carbocycles. The van der Waals surface area contributed by atoms with Crippen molar-refractivity contribution in [1.29, 1.82) is 0 Å². The summed E-state index contributed by atoms with van der Waals surface area (Å²) >= 11 is 0. The van der Waals surface area contributed by atoms with Gasteiger partial charge in [-0.2, -0.15) is 0 Å². The molecule has 3 nitrogen and oxygen atoms in total. The van der Waals surface area contributed by atoms with Crippen molar-refractivity contribution in [2.45, 2.75) is 38.8 Å². The van der Waals surface area contributed by atoms with Crippen LogP contribution in [0.2, 0.25) is 0 Å². The topological polar surface area (TPSA) is 41.3 Å². The van der Waals surface area contributed by atoms with Crippen molar-refractivity contribution < 1.29 is 0 Å². The lowest BCUT2D eigenvalue weighted by Gasteiger charge is -2.34. The second-order valence-corrected chi connectivity index (χ2v) is 5.20. The third-order valence-corrected chi connectivity index (χ3v) is 3.67. The molecule has 3 N–H and O–H groups in total. The Balaban J connectivity index is 2.00. The Morgan fingerprint density at radius 3 is 2.78 bits per heavy atom. The fourth-order valence-electron chi connectivity index (χ4n) is 2.78. The minimum Gasteiger partial charge on any atom is -0.399 e. The van der Waals surface area contributed by atoms with Gasteiger partial charge in [0.25, 0.3) is 0 Å². The summed E-state index contributed by atoms with van der Waals surface area (Å²) in [6.45, 7) is 6.78. The molecule has 1 saturated heterocycles. The monoisotopic (exact) mass is 247 g/mol. The average Bonchev–Trinajstić information content (AvgIpc) is 2.39. The number of nitrogens with zero attached hydrogens (tertiary/aromatic N) is 1. The predicted molar refractivity (Wildman–Crippen MR) is 77.4 cm³/mol. The van der Waals surface area contributed by atoms with Gasteiger partial charge >= 0.3 is 0 Å². The van der Waals surface area contributed by atoms with E-state index in [-0.39, 0.29) is 0 Å². The molecule has 1 aromatic carbocycles. The molecule has 1 aliphatic heterocycles. The molecule has 100 valence electrons. The van der Waals surface area contributed by atoms with Gasteiger partial charge in [0.1, 0.15) is 0 Å². The highest BCUT2D eigenvalue weighted by Crippen LogP contribution is 2.17. The largest absolute Gasteiger partial charge is 0.399 e. The van der Waals surface area contributed by atoms with E-state index in [9.17, 15) is 0 Å². The molecular weight excluding hydrogens is 222 g/mol. The van der Waals surface area contributed by atoms with E-state index in [4.69, 9.17) is 5.73 Å². The first-order chi connectivity index (χ1) is 8.79. The summed E-state index contributed by atoms with van der Waals surface area (Å²) in [5, 5.41) is 3.44. The van der Waals surface area contributed by atoms with Gasteiger partial charge in [0, 0.05) is 18.3 Å². The summed E-state index contributed by atoms with van der Waals surface area (Å²) in [7, 11) is 0. The maximum atomic E-state index is 5.86. The Morgan fingerprint density at radius 2 is 2.11 bits per heavy atom. The van der Waals surface area contributed by atoms with Crippen molar-refractivity contribution >= 4 is 5.69 Å². The smallest absolute Gasteiger partial charge is 0.0317 e. The van der Waals surface area contributed by atoms with Crippen molar-refractivity contribution in [1.82, 2.24) is 10.2 Å². The van der Waals surface area contributed by atoms with Crippen LogP contribution in [-0.4, -0.2) is 30.6 Å². The number of piperidine rings is 1. The van der Waals surface area contributed by atoms with Crippen LogP contribution in [0.15, 0.2) is 24.3 Å². The van der Waals surface area contributed by atoms with Crippen molar-refractivity contribution in [3.8, 4) is 0 Å². The van der Waals surface area contributed by atoms with E-state index in [1.165, 1.54) is 31.4 Å². The van der Waals surface area contributed by atoms with Gasteiger partial charge in [-0.3, -0.25) is 4.90 Å². The summed E-state index contributed by atoms with van der Waals surface area (Å²) in [5.74, 6) is 0. The lowest BCUT2D eigenvalue weighted by atomic mass is 10.0. The van der Waals surface area contributed by atoms with E-state index < -0.39 is 0 Å². The number of nitrogens with one attached hydrogen (secondary N) is 1. The van der Waals surface area contributed by atoms with E-state index in [1.807, 2.05) is 6.07 Å². The molecule has 0 atom stereocenters. The third kappa shape index (κ3) is 3.72. The molecule has 0 bridgehead atoms. The second-order valence-electron chi connectivity index (χ2n) is 5.20. The van der Waals surface area contributed by atoms with E-state index in [0.29, 0.717) is 0 Å². The van der Waals surface area contributed by atoms with Gasteiger partial charge in [0.2, 0.25) is 0 Å². The minimum atomic E-state index is 0.729. The SMILES string of the molecule is CCCN(Cc1cccc(N)c1)C1CCNCC1. The van der Waals surface area contributed by atoms with E-state index in [2.05, 4.69) is 35.3 Å². The highest BCUT2D eigenvalue weighted by atomic mass is 15.2. The van der Waals surface area contributed by atoms with Crippen LogP contribution in [0.25, 0.3) is 0 Å². The summed E-state index contributed by atoms with van der Waals surface area (Å²) in [4.78, 5) is 2.62. The van der Waals surface area contributed by atoms with Crippen LogP contribution in [0, 0.1) is 0 Å². The van der Waals surface area contributed by atoms with Crippen molar-refractivity contribution in [3.63, 3.8) is 0 Å². The van der Waals surface area contributed by atoms with E-state index in [0.717, 1.165) is 31.4 Å². The van der Waals surface area contributed by atoms with Crippen LogP contribution in [0.5, 0.6) is 0 Å². The van der Waals surface area contributed by atoms with Gasteiger partial charge in [-0.05, 0) is 56.6 Å². The fraction of sp³-hybridized carbons (Fsp3) is 0.600. The number of anilines is 1. The number of hydrogen-bond acceptors (Lipinski definition) is 3. The van der Waals surface area contributed by atoms with Gasteiger partial charge in [0.15, 0.2) is 0 Å². The molecule has 1 aliphatic rings. The van der Waals surface area contributed by atoms with Gasteiger partial charge in [0.05, 0.1) is 0 Å². The maximum absolute atomic E-state index is 5.86. The lowest BCUT2D eigenvalue weighted by Crippen LogP contribution is -2.43. The van der Waals surface area contributed by atoms with E-state index in [1.54, 1.807) is 0 Å². The Hall–Kier alpha value is -1.06. The highest BCUT2D eigenvalue weighted by Gasteiger charge is 2.20. The average molecular weight is 247 g/mol. The van der Waals surface area contributed by atoms with Crippen molar-refractivity contribution in [2.75, 3.05) is 25.4 Å². The first-order valence-electron chi connectivity index (χ1n) is 7.08. The summed E-state index contributed by atoms with van der Waals surface area (Å²) in [5.41, 5.74) is 8.06. The maximum Gasteiger partial charge on any atom is 0.0317 e. The van der Waals surface area contributed by atoms with Crippen molar-refractivity contribution in [2.24, 2.45) is 0 Å². The van der Waals surface area contributed by atoms with Gasteiger partial charge in [-0.1, -0.05) is 19.1 Å². The Bertz CT molecular complexity index is 359. The highest BCUT2D eigenvalue weighted by molar-refractivity contribution is 5.40. The molecule has 1 heterocycles. The zero-order valence-electron chi connectivity index (χ0n) is 11.4. The molecule has 0 unspecified atom stereocenters. The first kappa shape index (κ1) is 13.4. The van der Waals surface area contributed by atoms with Crippen LogP contribution in [-0.2, 0) is 6.54 Å². The normalized spacial score (nSPS) is 17.2. The number of nitrogen functional groups attached to an aromatic ring is 1. The van der Waals surface area contributed by atoms with Crippen LogP contribution >= 0.6 is 0 Å². The molecule has 2 rings (SSSR count). The molecule has 3 heteroatoms. The number of benzene rings is 1. The molecule has 18 heavy (non-hydrogen) atoms. The Morgan fingerprint density at radius 1 is 1.33 bits per heavy atom. The number of nitrogens with two attached hydrogens (primary N) is 1. The first-order valence-corrected chi connectivity index (χ1v) is 7.08. The fourth-order valence-corrected chi connectivity index (χ4v) is 2.78. The number of rotatable bonds is 5. The van der Waals surface area contributed by atoms with E-state index >= 15 is 0 Å². The van der Waals surface area contributed by atoms with Crippen LogP contribution in [0.4, 0.5) is 5.69 Å². The minimum absolute atomic E-state index is 0.729. The Kier molecular flexibility index (Phi) is 5.02. The molecule has 0 saturated carbocycles. The second kappa shape index (κ2) is 6.76. The van der Waals surface area contributed by atoms with Crippen LogP contribution in [0.1, 0.15) is 31.7 Å². The predicted octanol–water partition coefficient (Wildman–Crippen LogP) is 2.23. The standard InChI is InChI=1S/C15H25N3/c1-2-10-18(15-6-8-17-9-7-15)12-13-4-3-5-14(16)11-13/h3-5,11,15,17H,2,6-10,12,16H2,1H3. The molecule has 0 spiro atoms. The quantitative estimate of drug-likeness (QED) is 0.784. The molecule has 0 amide bonds. The van der Waals surface area contributed by atoms with Crippen LogP contribution in [0.3, 0.4) is 0 Å². The summed E-state index contributed by atoms with van der Waals surface area (Å²) < 4.78 is 0. The summed E-state index contributed by atoms with van der Waals surface area (Å²) in [6, 6.07) is 9.02. The zero-order chi connectivity index (χ0) is 12.8. The zero-order valence-corrected chi connectivity index (χ0v) is 11.4. The molecular formula is C15H25N3. The number of hydrogen-bond donors (Lipinski definition) is 2. The van der Waals surface area contributed by atoms with Crippen molar-refractivity contribution in [3.05, 3.63) is 29.8 Å². The molecule has 0 aromatic heterocycles. The molecule has 0 radical (unpaired) electrons. The van der Waals surface area contributed by atoms with Gasteiger partial charge in [-0.25, -0.2) is 0 Å². The van der Waals surface area contributed by atoms with Gasteiger partial charge in [-0.15, -0.1) is 0 Å². The Labute approximate surface area is 110 Å². The van der Waals surface area contributed by atoms with Gasteiger partial charge < -0.3 is 11.1 Å². The third-order valence-electron chi connectivity index (χ3n) is 3.67.